The van der Waals surface area contributed by atoms with Crippen molar-refractivity contribution < 1.29 is 0 Å². The number of benzene rings is 2. The van der Waals surface area contributed by atoms with Gasteiger partial charge in [-0.1, -0.05) is 54.7 Å². The van der Waals surface area contributed by atoms with Crippen molar-refractivity contribution in [2.75, 3.05) is 0 Å². The SMILES string of the molecule is CCc1ccc(/C=N\N=c2\sc3ccccc3n2C)cc1. The van der Waals surface area contributed by atoms with E-state index in [1.807, 2.05) is 19.2 Å². The molecule has 4 heteroatoms. The molecule has 3 aromatic rings. The first kappa shape index (κ1) is 13.8. The van der Waals surface area contributed by atoms with Crippen molar-refractivity contribution in [2.24, 2.45) is 17.3 Å². The maximum atomic E-state index is 4.33. The van der Waals surface area contributed by atoms with Gasteiger partial charge in [-0.3, -0.25) is 0 Å². The van der Waals surface area contributed by atoms with Crippen molar-refractivity contribution in [3.8, 4) is 0 Å². The summed E-state index contributed by atoms with van der Waals surface area (Å²) >= 11 is 1.65. The Bertz CT molecular complexity index is 838. The predicted octanol–water partition coefficient (Wildman–Crippen LogP) is 3.74. The van der Waals surface area contributed by atoms with Crippen LogP contribution in [0.5, 0.6) is 0 Å². The van der Waals surface area contributed by atoms with E-state index in [1.165, 1.54) is 15.8 Å². The summed E-state index contributed by atoms with van der Waals surface area (Å²) in [6, 6.07) is 16.7. The molecule has 0 atom stereocenters. The normalized spacial score (nSPS) is 12.6. The largest absolute Gasteiger partial charge is 0.318 e. The van der Waals surface area contributed by atoms with Gasteiger partial charge >= 0.3 is 0 Å². The molecule has 0 N–H and O–H groups in total. The molecule has 21 heavy (non-hydrogen) atoms. The molecule has 3 nitrogen and oxygen atoms in total. The maximum Gasteiger partial charge on any atom is 0.211 e. The van der Waals surface area contributed by atoms with Crippen LogP contribution in [-0.4, -0.2) is 10.8 Å². The molecule has 0 fully saturated rings. The van der Waals surface area contributed by atoms with Gasteiger partial charge in [0.05, 0.1) is 16.4 Å². The summed E-state index contributed by atoms with van der Waals surface area (Å²) in [6.45, 7) is 2.15. The van der Waals surface area contributed by atoms with Gasteiger partial charge in [-0.05, 0) is 29.7 Å². The molecular formula is C17H17N3S. The summed E-state index contributed by atoms with van der Waals surface area (Å²) in [4.78, 5) is 0.901. The van der Waals surface area contributed by atoms with Crippen molar-refractivity contribution in [2.45, 2.75) is 13.3 Å². The van der Waals surface area contributed by atoms with Crippen LogP contribution in [-0.2, 0) is 13.5 Å². The highest BCUT2D eigenvalue weighted by molar-refractivity contribution is 7.16. The lowest BCUT2D eigenvalue weighted by Gasteiger charge is -1.95. The molecule has 0 saturated heterocycles. The molecule has 0 amide bonds. The van der Waals surface area contributed by atoms with E-state index in [0.29, 0.717) is 0 Å². The van der Waals surface area contributed by atoms with Crippen LogP contribution in [0, 0.1) is 0 Å². The third kappa shape index (κ3) is 2.95. The summed E-state index contributed by atoms with van der Waals surface area (Å²) in [5.41, 5.74) is 3.59. The smallest absolute Gasteiger partial charge is 0.211 e. The Morgan fingerprint density at radius 3 is 2.57 bits per heavy atom. The van der Waals surface area contributed by atoms with Crippen LogP contribution < -0.4 is 4.80 Å². The lowest BCUT2D eigenvalue weighted by molar-refractivity contribution is 0.889. The first-order valence-corrected chi connectivity index (χ1v) is 7.80. The number of fused-ring (bicyclic) bond motifs is 1. The van der Waals surface area contributed by atoms with Crippen molar-refractivity contribution in [3.05, 3.63) is 64.5 Å². The van der Waals surface area contributed by atoms with Gasteiger partial charge in [0.1, 0.15) is 0 Å². The minimum Gasteiger partial charge on any atom is -0.318 e. The second kappa shape index (κ2) is 6.06. The highest BCUT2D eigenvalue weighted by atomic mass is 32.1. The molecule has 2 aromatic carbocycles. The van der Waals surface area contributed by atoms with E-state index in [0.717, 1.165) is 16.8 Å². The van der Waals surface area contributed by atoms with Gasteiger partial charge in [-0.25, -0.2) is 0 Å². The standard InChI is InChI=1S/C17H17N3S/c1-3-13-8-10-14(11-9-13)12-18-19-17-20(2)15-6-4-5-7-16(15)21-17/h4-12H,3H2,1-2H3/b18-12-,19-17+. The Hall–Kier alpha value is -2.20. The van der Waals surface area contributed by atoms with Crippen LogP contribution >= 0.6 is 11.3 Å². The van der Waals surface area contributed by atoms with Crippen molar-refractivity contribution >= 4 is 27.8 Å². The molecule has 3 rings (SSSR count). The zero-order valence-electron chi connectivity index (χ0n) is 12.2. The number of nitrogens with zero attached hydrogens (tertiary/aromatic N) is 3. The fourth-order valence-corrected chi connectivity index (χ4v) is 3.14. The fourth-order valence-electron chi connectivity index (χ4n) is 2.16. The molecule has 0 saturated carbocycles. The Balaban J connectivity index is 1.89. The quantitative estimate of drug-likeness (QED) is 0.520. The number of hydrogen-bond acceptors (Lipinski definition) is 3. The van der Waals surface area contributed by atoms with E-state index >= 15 is 0 Å². The molecule has 106 valence electrons. The monoisotopic (exact) mass is 295 g/mol. The first-order chi connectivity index (χ1) is 10.3. The number of thiazole rings is 1. The molecule has 1 heterocycles. The average molecular weight is 295 g/mol. The number of aryl methyl sites for hydroxylation is 2. The van der Waals surface area contributed by atoms with Crippen LogP contribution in [0.3, 0.4) is 0 Å². The molecule has 0 spiro atoms. The Kier molecular flexibility index (Phi) is 3.97. The van der Waals surface area contributed by atoms with Crippen molar-refractivity contribution in [1.29, 1.82) is 0 Å². The van der Waals surface area contributed by atoms with Crippen molar-refractivity contribution in [1.82, 2.24) is 4.57 Å². The van der Waals surface area contributed by atoms with Crippen LogP contribution in [0.15, 0.2) is 58.7 Å². The number of para-hydroxylation sites is 1. The van der Waals surface area contributed by atoms with Gasteiger partial charge in [0.2, 0.25) is 4.80 Å². The summed E-state index contributed by atoms with van der Waals surface area (Å²) in [5, 5.41) is 8.54. The van der Waals surface area contributed by atoms with Gasteiger partial charge in [-0.15, -0.1) is 5.10 Å². The van der Waals surface area contributed by atoms with E-state index in [-0.39, 0.29) is 0 Å². The molecule has 0 aliphatic rings. The molecular weight excluding hydrogens is 278 g/mol. The molecule has 0 bridgehead atoms. The Morgan fingerprint density at radius 1 is 1.10 bits per heavy atom. The van der Waals surface area contributed by atoms with Gasteiger partial charge in [0.25, 0.3) is 0 Å². The minimum absolute atomic E-state index is 0.901. The third-order valence-electron chi connectivity index (χ3n) is 3.45. The Morgan fingerprint density at radius 2 is 1.86 bits per heavy atom. The predicted molar refractivity (Wildman–Crippen MR) is 89.8 cm³/mol. The summed E-state index contributed by atoms with van der Waals surface area (Å²) in [7, 11) is 2.02. The molecule has 0 aliphatic carbocycles. The van der Waals surface area contributed by atoms with E-state index in [4.69, 9.17) is 0 Å². The number of hydrogen-bond donors (Lipinski definition) is 0. The highest BCUT2D eigenvalue weighted by Crippen LogP contribution is 2.15. The second-order valence-corrected chi connectivity index (χ2v) is 5.86. The second-order valence-electron chi connectivity index (χ2n) is 4.85. The van der Waals surface area contributed by atoms with Crippen LogP contribution in [0.1, 0.15) is 18.1 Å². The lowest BCUT2D eigenvalue weighted by Crippen LogP contribution is -2.08. The average Bonchev–Trinajstić information content (AvgIpc) is 2.85. The number of aromatic nitrogens is 1. The number of rotatable bonds is 3. The van der Waals surface area contributed by atoms with E-state index in [2.05, 4.69) is 58.1 Å². The molecule has 1 aromatic heterocycles. The molecule has 0 unspecified atom stereocenters. The zero-order valence-corrected chi connectivity index (χ0v) is 13.0. The van der Waals surface area contributed by atoms with Gasteiger partial charge in [0, 0.05) is 7.05 Å². The fraction of sp³-hybridized carbons (Fsp3) is 0.176. The van der Waals surface area contributed by atoms with E-state index in [1.54, 1.807) is 17.6 Å². The maximum absolute atomic E-state index is 4.33. The summed E-state index contributed by atoms with van der Waals surface area (Å²) in [5.74, 6) is 0. The Labute approximate surface area is 127 Å². The minimum atomic E-state index is 0.901. The lowest BCUT2D eigenvalue weighted by atomic mass is 10.1. The van der Waals surface area contributed by atoms with Gasteiger partial charge < -0.3 is 4.57 Å². The molecule has 0 aliphatic heterocycles. The zero-order chi connectivity index (χ0) is 14.7. The summed E-state index contributed by atoms with van der Waals surface area (Å²) in [6.07, 6.45) is 2.85. The third-order valence-corrected chi connectivity index (χ3v) is 4.56. The van der Waals surface area contributed by atoms with E-state index in [9.17, 15) is 0 Å². The first-order valence-electron chi connectivity index (χ1n) is 6.98. The topological polar surface area (TPSA) is 29.6 Å². The van der Waals surface area contributed by atoms with Gasteiger partial charge in [-0.2, -0.15) is 5.10 Å². The van der Waals surface area contributed by atoms with E-state index < -0.39 is 0 Å². The van der Waals surface area contributed by atoms with Crippen LogP contribution in [0.25, 0.3) is 10.2 Å². The van der Waals surface area contributed by atoms with Gasteiger partial charge in [0.15, 0.2) is 0 Å². The van der Waals surface area contributed by atoms with Crippen LogP contribution in [0.2, 0.25) is 0 Å². The van der Waals surface area contributed by atoms with Crippen molar-refractivity contribution in [3.63, 3.8) is 0 Å². The highest BCUT2D eigenvalue weighted by Gasteiger charge is 2.00. The van der Waals surface area contributed by atoms with Crippen LogP contribution in [0.4, 0.5) is 0 Å². The molecule has 0 radical (unpaired) electrons. The summed E-state index contributed by atoms with van der Waals surface area (Å²) < 4.78 is 3.29.